The number of hydrogen-bond donors (Lipinski definition) is 1. The molecule has 0 aliphatic carbocycles. The summed E-state index contributed by atoms with van der Waals surface area (Å²) in [5, 5.41) is 1.71. The maximum Gasteiger partial charge on any atom is 0.255 e. The third-order valence-electron chi connectivity index (χ3n) is 6.45. The van der Waals surface area contributed by atoms with Gasteiger partial charge in [0.1, 0.15) is 6.54 Å². The molecule has 5 rings (SSSR count). The maximum absolute atomic E-state index is 13.6. The lowest BCUT2D eigenvalue weighted by molar-refractivity contribution is -0.165. The molecule has 6 heteroatoms. The number of benzene rings is 2. The Kier molecular flexibility index (Phi) is 4.26. The van der Waals surface area contributed by atoms with Crippen molar-refractivity contribution in [2.75, 3.05) is 19.6 Å². The summed E-state index contributed by atoms with van der Waals surface area (Å²) in [6.07, 6.45) is 1.66. The molecular weight excluding hydrogens is 398 g/mol. The molecule has 0 radical (unpaired) electrons. The molecule has 2 atom stereocenters. The predicted molar refractivity (Wildman–Crippen MR) is 117 cm³/mol. The van der Waals surface area contributed by atoms with Crippen molar-refractivity contribution >= 4 is 34.3 Å². The van der Waals surface area contributed by atoms with Gasteiger partial charge in [0, 0.05) is 34.9 Å². The molecule has 0 spiro atoms. The van der Waals surface area contributed by atoms with Crippen LogP contribution >= 0.6 is 11.6 Å². The lowest BCUT2D eigenvalue weighted by Crippen LogP contribution is -2.67. The minimum absolute atomic E-state index is 0.0608. The first-order chi connectivity index (χ1) is 14.5. The van der Waals surface area contributed by atoms with Gasteiger partial charge in [0.25, 0.3) is 5.91 Å². The number of para-hydroxylation sites is 1. The first kappa shape index (κ1) is 18.9. The number of carbonyl (C=O) groups is 2. The van der Waals surface area contributed by atoms with Gasteiger partial charge in [-0.3, -0.25) is 9.59 Å². The third kappa shape index (κ3) is 2.48. The number of aromatic amines is 1. The number of fused-ring (bicyclic) bond motifs is 5. The molecule has 152 valence electrons. The average Bonchev–Trinajstić information content (AvgIpc) is 3.14. The maximum atomic E-state index is 13.6. The van der Waals surface area contributed by atoms with E-state index in [2.05, 4.69) is 17.6 Å². The van der Waals surface area contributed by atoms with Crippen LogP contribution in [0.1, 0.15) is 29.7 Å². The number of amides is 2. The highest BCUT2D eigenvalue weighted by atomic mass is 35.5. The summed E-state index contributed by atoms with van der Waals surface area (Å²) in [5.41, 5.74) is 2.63. The third-order valence-corrected chi connectivity index (χ3v) is 6.79. The van der Waals surface area contributed by atoms with Crippen LogP contribution in [0.4, 0.5) is 0 Å². The molecule has 1 aromatic heterocycles. The number of nitrogens with zero attached hydrogens (tertiary/aromatic N) is 2. The molecule has 2 aliphatic heterocycles. The zero-order chi connectivity index (χ0) is 21.0. The first-order valence-electron chi connectivity index (χ1n) is 10.0. The van der Waals surface area contributed by atoms with Gasteiger partial charge in [-0.25, -0.2) is 0 Å². The molecular formula is C24H22ClN3O2. The molecule has 2 amide bonds. The lowest BCUT2D eigenvalue weighted by Gasteiger charge is -2.51. The summed E-state index contributed by atoms with van der Waals surface area (Å²) in [6.45, 7) is 6.40. The van der Waals surface area contributed by atoms with Gasteiger partial charge in [-0.15, -0.1) is 6.58 Å². The van der Waals surface area contributed by atoms with Crippen LogP contribution in [0.3, 0.4) is 0 Å². The van der Waals surface area contributed by atoms with E-state index in [4.69, 9.17) is 11.6 Å². The van der Waals surface area contributed by atoms with Crippen LogP contribution in [0.25, 0.3) is 10.9 Å². The van der Waals surface area contributed by atoms with Crippen LogP contribution < -0.4 is 0 Å². The molecule has 0 saturated carbocycles. The van der Waals surface area contributed by atoms with Crippen molar-refractivity contribution in [3.05, 3.63) is 83.0 Å². The minimum Gasteiger partial charge on any atom is -0.356 e. The molecule has 2 aromatic carbocycles. The Morgan fingerprint density at radius 1 is 1.20 bits per heavy atom. The van der Waals surface area contributed by atoms with Gasteiger partial charge in [-0.2, -0.15) is 0 Å². The van der Waals surface area contributed by atoms with E-state index in [1.54, 1.807) is 15.9 Å². The SMILES string of the molecule is C=CCN1CC(=O)N2C[C@H](c3ccccc3Cl)c3c([nH]c4ccccc34)[C@]2(C)C1=O. The van der Waals surface area contributed by atoms with Gasteiger partial charge in [0.2, 0.25) is 5.91 Å². The van der Waals surface area contributed by atoms with E-state index in [0.717, 1.165) is 27.7 Å². The highest BCUT2D eigenvalue weighted by molar-refractivity contribution is 6.31. The number of rotatable bonds is 3. The molecule has 0 bridgehead atoms. The summed E-state index contributed by atoms with van der Waals surface area (Å²) < 4.78 is 0. The number of H-pyrrole nitrogens is 1. The largest absolute Gasteiger partial charge is 0.356 e. The van der Waals surface area contributed by atoms with E-state index < -0.39 is 5.54 Å². The van der Waals surface area contributed by atoms with E-state index in [1.165, 1.54) is 0 Å². The first-order valence-corrected chi connectivity index (χ1v) is 10.4. The van der Waals surface area contributed by atoms with E-state index >= 15 is 0 Å². The molecule has 1 N–H and O–H groups in total. The molecule has 1 saturated heterocycles. The Morgan fingerprint density at radius 3 is 2.70 bits per heavy atom. The number of carbonyl (C=O) groups excluding carboxylic acids is 2. The Bertz CT molecular complexity index is 1200. The van der Waals surface area contributed by atoms with Gasteiger partial charge in [0.15, 0.2) is 5.54 Å². The Hall–Kier alpha value is -3.05. The van der Waals surface area contributed by atoms with Crippen molar-refractivity contribution in [3.8, 4) is 0 Å². The van der Waals surface area contributed by atoms with Gasteiger partial charge in [0.05, 0.1) is 5.69 Å². The van der Waals surface area contributed by atoms with E-state index in [0.29, 0.717) is 18.1 Å². The molecule has 3 heterocycles. The van der Waals surface area contributed by atoms with Gasteiger partial charge in [-0.05, 0) is 30.2 Å². The van der Waals surface area contributed by atoms with Crippen LogP contribution in [0.5, 0.6) is 0 Å². The second-order valence-electron chi connectivity index (χ2n) is 8.08. The second kappa shape index (κ2) is 6.74. The van der Waals surface area contributed by atoms with Gasteiger partial charge < -0.3 is 14.8 Å². The summed E-state index contributed by atoms with van der Waals surface area (Å²) in [5.74, 6) is -0.284. The van der Waals surface area contributed by atoms with Crippen LogP contribution in [0.2, 0.25) is 5.02 Å². The van der Waals surface area contributed by atoms with Crippen LogP contribution in [0, 0.1) is 0 Å². The average molecular weight is 420 g/mol. The highest BCUT2D eigenvalue weighted by Gasteiger charge is 2.56. The summed E-state index contributed by atoms with van der Waals surface area (Å²) in [4.78, 5) is 33.6. The standard InChI is InChI=1S/C24H22ClN3O2/c1-3-12-27-14-20(29)28-13-17(15-8-4-6-10-18(15)25)21-16-9-5-7-11-19(16)26-22(21)24(28,2)23(27)30/h3-11,17,26H,1,12-14H2,2H3/t17-,24-/m1/s1. The molecule has 5 nitrogen and oxygen atoms in total. The van der Waals surface area contributed by atoms with Crippen molar-refractivity contribution in [1.29, 1.82) is 0 Å². The topological polar surface area (TPSA) is 56.4 Å². The zero-order valence-corrected chi connectivity index (χ0v) is 17.4. The smallest absolute Gasteiger partial charge is 0.255 e. The Balaban J connectivity index is 1.79. The molecule has 3 aromatic rings. The Morgan fingerprint density at radius 2 is 1.93 bits per heavy atom. The fourth-order valence-corrected chi connectivity index (χ4v) is 5.29. The number of hydrogen-bond acceptors (Lipinski definition) is 2. The normalized spacial score (nSPS) is 23.5. The summed E-state index contributed by atoms with van der Waals surface area (Å²) >= 11 is 6.58. The van der Waals surface area contributed by atoms with Gasteiger partial charge >= 0.3 is 0 Å². The fourth-order valence-electron chi connectivity index (χ4n) is 5.02. The summed E-state index contributed by atoms with van der Waals surface area (Å²) in [7, 11) is 0. The second-order valence-corrected chi connectivity index (χ2v) is 8.49. The van der Waals surface area contributed by atoms with Crippen molar-refractivity contribution in [1.82, 2.24) is 14.8 Å². The molecule has 1 fully saturated rings. The lowest BCUT2D eigenvalue weighted by atomic mass is 9.76. The Labute approximate surface area is 179 Å². The highest BCUT2D eigenvalue weighted by Crippen LogP contribution is 2.48. The monoisotopic (exact) mass is 419 g/mol. The fraction of sp³-hybridized carbons (Fsp3) is 0.250. The number of piperazine rings is 1. The molecule has 2 aliphatic rings. The quantitative estimate of drug-likeness (QED) is 0.651. The summed E-state index contributed by atoms with van der Waals surface area (Å²) in [6, 6.07) is 15.7. The van der Waals surface area contributed by atoms with Crippen LogP contribution in [-0.2, 0) is 15.1 Å². The predicted octanol–water partition coefficient (Wildman–Crippen LogP) is 4.04. The minimum atomic E-state index is -1.09. The van der Waals surface area contributed by atoms with E-state index in [-0.39, 0.29) is 24.3 Å². The number of aromatic nitrogens is 1. The van der Waals surface area contributed by atoms with Crippen molar-refractivity contribution < 1.29 is 9.59 Å². The van der Waals surface area contributed by atoms with Crippen LogP contribution in [-0.4, -0.2) is 46.2 Å². The van der Waals surface area contributed by atoms with Crippen LogP contribution in [0.15, 0.2) is 61.2 Å². The van der Waals surface area contributed by atoms with E-state index in [9.17, 15) is 9.59 Å². The zero-order valence-electron chi connectivity index (χ0n) is 16.7. The van der Waals surface area contributed by atoms with Crippen molar-refractivity contribution in [2.45, 2.75) is 18.4 Å². The number of halogens is 1. The molecule has 0 unspecified atom stereocenters. The van der Waals surface area contributed by atoms with Crippen molar-refractivity contribution in [3.63, 3.8) is 0 Å². The van der Waals surface area contributed by atoms with E-state index in [1.807, 2.05) is 49.4 Å². The van der Waals surface area contributed by atoms with Crippen molar-refractivity contribution in [2.24, 2.45) is 0 Å². The molecule has 30 heavy (non-hydrogen) atoms. The number of nitrogens with one attached hydrogen (secondary N) is 1. The van der Waals surface area contributed by atoms with Gasteiger partial charge in [-0.1, -0.05) is 54.1 Å².